The van der Waals surface area contributed by atoms with Crippen LogP contribution >= 0.6 is 79.1 Å². The van der Waals surface area contributed by atoms with Gasteiger partial charge in [0.1, 0.15) is 38.1 Å². The second-order valence-electron chi connectivity index (χ2n) is 24.9. The highest BCUT2D eigenvalue weighted by Gasteiger charge is 2.29. The van der Waals surface area contributed by atoms with Gasteiger partial charge >= 0.3 is 12.2 Å². The smallest absolute Gasteiger partial charge is 0.408 e. The summed E-state index contributed by atoms with van der Waals surface area (Å²) in [6.45, 7) is 18.5. The van der Waals surface area contributed by atoms with Crippen molar-refractivity contribution in [1.82, 2.24) is 30.9 Å². The van der Waals surface area contributed by atoms with E-state index in [1.54, 1.807) is 113 Å². The minimum absolute atomic E-state index is 0. The molecule has 0 unspecified atom stereocenters. The zero-order valence-electron chi connectivity index (χ0n) is 59.3. The van der Waals surface area contributed by atoms with Gasteiger partial charge < -0.3 is 42.6 Å². The average Bonchev–Trinajstić information content (AvgIpc) is 1.78. The lowest BCUT2D eigenvalue weighted by atomic mass is 10.0. The summed E-state index contributed by atoms with van der Waals surface area (Å²) in [5, 5.41) is 60.2. The number of Topliss-reactive ketones (excluding diaryl/α,β-unsaturated/α-hetero) is 1. The van der Waals surface area contributed by atoms with E-state index >= 15 is 0 Å². The number of nitrogens with zero attached hydrogens (tertiary/aromatic N) is 7. The number of rotatable bonds is 27. The summed E-state index contributed by atoms with van der Waals surface area (Å²) in [6, 6.07) is 32.3. The Hall–Kier alpha value is -8.96. The third-order valence-corrected chi connectivity index (χ3v) is 18.3. The van der Waals surface area contributed by atoms with Gasteiger partial charge in [-0.15, -0.1) is 51.0 Å². The number of ether oxygens (including phenoxy) is 2. The Morgan fingerprint density at radius 1 is 0.495 bits per heavy atom. The summed E-state index contributed by atoms with van der Waals surface area (Å²) in [7, 11) is 0. The van der Waals surface area contributed by atoms with Crippen LogP contribution in [0.3, 0.4) is 0 Å². The van der Waals surface area contributed by atoms with Gasteiger partial charge in [0, 0.05) is 77.5 Å². The van der Waals surface area contributed by atoms with Crippen LogP contribution in [0.25, 0.3) is 0 Å². The normalized spacial score (nSPS) is 12.0. The molecule has 0 radical (unpaired) electrons. The number of carbonyl (C=O) groups excluding carboxylic acids is 4. The second-order valence-corrected chi connectivity index (χ2v) is 28.6. The SMILES string of the molecule is Br.C.CC(C)(C)OC(=O)N[C@@H](Cc1ccc([N+](=O)[O-])cc1)C(N)=S.CCC(=O)CBr.CCc1csc([C@@H](N)Cc2ccc([N+](=O)[O-])cc2)n1.CCc1csc([C@@H](N)Cc2ccc([N+](=O)[O-])cc2)n1.CCc1csc([C@H](Cc2ccc([N+](=O)[O-])cc2)NC(=O)[C@H](Cc2ccccc2)NC(=O)OC(C)(C)C)n1. The molecule has 8 rings (SSSR count). The number of non-ortho nitro benzene ring substituents is 4. The summed E-state index contributed by atoms with van der Waals surface area (Å²) in [5.41, 5.74) is 24.1. The van der Waals surface area contributed by atoms with Gasteiger partial charge in [0.15, 0.2) is 0 Å². The minimum atomic E-state index is -0.887. The van der Waals surface area contributed by atoms with Crippen molar-refractivity contribution in [2.24, 2.45) is 17.2 Å². The van der Waals surface area contributed by atoms with Crippen LogP contribution in [0.15, 0.2) is 144 Å². The maximum absolute atomic E-state index is 13.5. The molecule has 0 aliphatic carbocycles. The molecular formula is C72H93Br2N13O14S4. The van der Waals surface area contributed by atoms with Crippen molar-refractivity contribution in [2.45, 2.75) is 176 Å². The predicted octanol–water partition coefficient (Wildman–Crippen LogP) is 15.8. The number of thiazole rings is 3. The Morgan fingerprint density at radius 3 is 1.10 bits per heavy atom. The average molecular weight is 1650 g/mol. The molecule has 0 saturated heterocycles. The zero-order valence-corrected chi connectivity index (χ0v) is 65.9. The lowest BCUT2D eigenvalue weighted by molar-refractivity contribution is -0.385. The van der Waals surface area contributed by atoms with Crippen LogP contribution in [0.4, 0.5) is 32.3 Å². The Labute approximate surface area is 647 Å². The molecular weight excluding hydrogens is 1560 g/mol. The summed E-state index contributed by atoms with van der Waals surface area (Å²) in [6.07, 6.45) is 4.15. The van der Waals surface area contributed by atoms with Gasteiger partial charge in [0.05, 0.1) is 71.3 Å². The predicted molar refractivity (Wildman–Crippen MR) is 426 cm³/mol. The molecule has 9 N–H and O–H groups in total. The monoisotopic (exact) mass is 1650 g/mol. The molecule has 0 saturated carbocycles. The molecule has 33 heteroatoms. The number of nitrogens with two attached hydrogens (primary N) is 3. The molecule has 0 aliphatic rings. The number of aryl methyl sites for hydroxylation is 3. The Bertz CT molecular complexity index is 3940. The fourth-order valence-electron chi connectivity index (χ4n) is 8.87. The molecule has 0 aliphatic heterocycles. The number of hydrogen-bond donors (Lipinski definition) is 6. The van der Waals surface area contributed by atoms with Crippen molar-refractivity contribution in [3.05, 3.63) is 244 Å². The van der Waals surface area contributed by atoms with Crippen LogP contribution in [0.2, 0.25) is 0 Å². The number of amides is 3. The highest BCUT2D eigenvalue weighted by atomic mass is 79.9. The van der Waals surface area contributed by atoms with Gasteiger partial charge in [-0.25, -0.2) is 24.5 Å². The van der Waals surface area contributed by atoms with Crippen LogP contribution in [-0.2, 0) is 70.4 Å². The van der Waals surface area contributed by atoms with E-state index in [0.717, 1.165) is 79.2 Å². The van der Waals surface area contributed by atoms with E-state index in [1.807, 2.05) is 60.3 Å². The number of hydrogen-bond acceptors (Lipinski definition) is 23. The van der Waals surface area contributed by atoms with E-state index in [4.69, 9.17) is 38.9 Å². The number of carbonyl (C=O) groups is 4. The molecule has 105 heavy (non-hydrogen) atoms. The van der Waals surface area contributed by atoms with Crippen molar-refractivity contribution in [1.29, 1.82) is 0 Å². The highest BCUT2D eigenvalue weighted by molar-refractivity contribution is 9.09. The van der Waals surface area contributed by atoms with Crippen LogP contribution < -0.4 is 33.2 Å². The van der Waals surface area contributed by atoms with Crippen LogP contribution in [0, 0.1) is 40.5 Å². The first-order valence-corrected chi connectivity index (χ1v) is 36.8. The number of ketones is 1. The van der Waals surface area contributed by atoms with Crippen molar-refractivity contribution in [3.63, 3.8) is 0 Å². The zero-order chi connectivity index (χ0) is 76.6. The van der Waals surface area contributed by atoms with E-state index < -0.39 is 61.2 Å². The van der Waals surface area contributed by atoms with Gasteiger partial charge in [0.2, 0.25) is 5.91 Å². The molecule has 3 heterocycles. The first-order valence-electron chi connectivity index (χ1n) is 32.6. The third kappa shape index (κ3) is 34.7. The van der Waals surface area contributed by atoms with E-state index in [0.29, 0.717) is 37.4 Å². The Morgan fingerprint density at radius 2 is 0.800 bits per heavy atom. The van der Waals surface area contributed by atoms with E-state index in [2.05, 4.69) is 60.7 Å². The number of nitrogens with one attached hydrogen (secondary N) is 3. The number of benzene rings is 5. The first-order chi connectivity index (χ1) is 48.6. The second kappa shape index (κ2) is 46.1. The minimum Gasteiger partial charge on any atom is -0.444 e. The van der Waals surface area contributed by atoms with Crippen molar-refractivity contribution >= 4 is 131 Å². The first kappa shape index (κ1) is 92.1. The van der Waals surface area contributed by atoms with Crippen LogP contribution in [0.5, 0.6) is 0 Å². The molecule has 5 atom stereocenters. The number of halogens is 2. The van der Waals surface area contributed by atoms with Gasteiger partial charge in [-0.05, 0) is 114 Å². The maximum atomic E-state index is 13.5. The van der Waals surface area contributed by atoms with Crippen molar-refractivity contribution in [3.8, 4) is 0 Å². The fourth-order valence-corrected chi connectivity index (χ4v) is 12.2. The fraction of sp³-hybridized carbons (Fsp3) is 0.389. The van der Waals surface area contributed by atoms with Crippen molar-refractivity contribution in [2.75, 3.05) is 5.33 Å². The summed E-state index contributed by atoms with van der Waals surface area (Å²) >= 11 is 12.5. The quantitative estimate of drug-likeness (QED) is 0.0120. The summed E-state index contributed by atoms with van der Waals surface area (Å²) in [4.78, 5) is 103. The lowest BCUT2D eigenvalue weighted by Gasteiger charge is -2.25. The number of nitro benzene ring substituents is 4. The number of aromatic nitrogens is 3. The molecule has 27 nitrogen and oxygen atoms in total. The topological polar surface area (TPSA) is 412 Å². The number of alkyl halides is 1. The Kier molecular flexibility index (Phi) is 40.4. The number of nitro groups is 4. The van der Waals surface area contributed by atoms with E-state index in [1.165, 1.54) is 59.9 Å². The number of thiocarbonyl (C=S) groups is 1. The molecule has 0 fully saturated rings. The molecule has 8 aromatic rings. The maximum Gasteiger partial charge on any atom is 0.408 e. The van der Waals surface area contributed by atoms with E-state index in [9.17, 15) is 59.6 Å². The summed E-state index contributed by atoms with van der Waals surface area (Å²) in [5.74, 6) is -0.120. The van der Waals surface area contributed by atoms with Gasteiger partial charge in [0.25, 0.3) is 22.7 Å². The highest BCUT2D eigenvalue weighted by Crippen LogP contribution is 2.27. The summed E-state index contributed by atoms with van der Waals surface area (Å²) < 4.78 is 10.5. The number of alkyl carbamates (subject to hydrolysis) is 2. The molecule has 0 spiro atoms. The van der Waals surface area contributed by atoms with Gasteiger partial charge in [-0.1, -0.05) is 142 Å². The molecule has 3 amide bonds. The van der Waals surface area contributed by atoms with Gasteiger partial charge in [-0.3, -0.25) is 50.0 Å². The van der Waals surface area contributed by atoms with E-state index in [-0.39, 0.29) is 82.3 Å². The largest absolute Gasteiger partial charge is 0.444 e. The van der Waals surface area contributed by atoms with Gasteiger partial charge in [-0.2, -0.15) is 0 Å². The third-order valence-electron chi connectivity index (χ3n) is 14.3. The standard InChI is InChI=1S/C27H32N4O5S.C14H19N3O4S.2C13H15N3O2S.C4H7BrO.CH4.BrH/c1-5-20-17-37-25(28-20)23(16-19-11-13-21(14-12-19)31(34)35)29-24(32)22(15-18-9-7-6-8-10-18)30-26(33)36-27(2,3)4;1-14(2,3)21-13(18)16-11(12(15)22)8-9-4-6-10(7-5-9)17(19)20;2*1-2-10-8-19-13(15-10)12(14)7-9-3-5-11(6-4-9)16(17)18;1-2-4(6)3-5;;/h6-14,17,22-23H,5,15-16H2,1-4H3,(H,29,32)(H,30,33);4-7,11H,8H2,1-3H3,(H2,15,22)(H,16,18);2*3-6,8,12H,2,7,14H2,1H3;2-3H2,1H3;1H4;1H/t22-,23-;11-;2*12-;;;/m0000.../s1. The lowest BCUT2D eigenvalue weighted by Crippen LogP contribution is -2.50. The van der Waals surface area contributed by atoms with Crippen LogP contribution in [-0.4, -0.2) is 92.1 Å². The van der Waals surface area contributed by atoms with Crippen LogP contribution in [0.1, 0.15) is 161 Å². The van der Waals surface area contributed by atoms with Crippen molar-refractivity contribution < 1.29 is 48.3 Å². The molecule has 3 aromatic heterocycles. The molecule has 0 bridgehead atoms. The molecule has 5 aromatic carbocycles. The Balaban J connectivity index is 0.000000478. The molecule has 568 valence electrons.